The molecule has 1 heterocycles. The molecule has 0 saturated carbocycles. The van der Waals surface area contributed by atoms with Crippen LogP contribution in [0.2, 0.25) is 0 Å². The first-order valence-electron chi connectivity index (χ1n) is 8.09. The number of ether oxygens (including phenoxy) is 2. The maximum atomic E-state index is 5.72. The van der Waals surface area contributed by atoms with Crippen LogP contribution in [0.3, 0.4) is 0 Å². The Hall–Kier alpha value is -1.91. The Kier molecular flexibility index (Phi) is 6.37. The number of nitrogens with one attached hydrogen (secondary N) is 2. The Morgan fingerprint density at radius 1 is 1.18 bits per heavy atom. The fourth-order valence-corrected chi connectivity index (χ4v) is 2.12. The molecular formula is C17H27N3O2. The Labute approximate surface area is 133 Å². The van der Waals surface area contributed by atoms with Crippen molar-refractivity contribution in [1.29, 1.82) is 0 Å². The number of rotatable bonds is 5. The lowest BCUT2D eigenvalue weighted by molar-refractivity contribution is 0.297. The van der Waals surface area contributed by atoms with Crippen LogP contribution in [0.4, 0.5) is 0 Å². The highest BCUT2D eigenvalue weighted by atomic mass is 16.5. The molecular weight excluding hydrogens is 278 g/mol. The van der Waals surface area contributed by atoms with Crippen LogP contribution in [0.25, 0.3) is 0 Å². The number of nitrogens with zero attached hydrogens (tertiary/aromatic N) is 1. The third kappa shape index (κ3) is 5.13. The Morgan fingerprint density at radius 2 is 1.95 bits per heavy atom. The molecule has 2 N–H and O–H groups in total. The van der Waals surface area contributed by atoms with Crippen molar-refractivity contribution in [3.63, 3.8) is 0 Å². The molecule has 0 atom stereocenters. The monoisotopic (exact) mass is 305 g/mol. The van der Waals surface area contributed by atoms with Gasteiger partial charge in [0.25, 0.3) is 0 Å². The van der Waals surface area contributed by atoms with Gasteiger partial charge >= 0.3 is 0 Å². The summed E-state index contributed by atoms with van der Waals surface area (Å²) in [5.74, 6) is 3.09. The third-order valence-electron chi connectivity index (χ3n) is 3.25. The summed E-state index contributed by atoms with van der Waals surface area (Å²) >= 11 is 0. The quantitative estimate of drug-likeness (QED) is 0.648. The van der Waals surface area contributed by atoms with E-state index < -0.39 is 0 Å². The van der Waals surface area contributed by atoms with Gasteiger partial charge in [0, 0.05) is 19.5 Å². The van der Waals surface area contributed by atoms with Crippen LogP contribution in [0, 0.1) is 5.92 Å². The largest absolute Gasteiger partial charge is 0.490 e. The first-order chi connectivity index (χ1) is 10.7. The minimum absolute atomic E-state index is 0.585. The summed E-state index contributed by atoms with van der Waals surface area (Å²) in [4.78, 5) is 4.63. The number of hydrogen-bond donors (Lipinski definition) is 2. The SMILES string of the molecule is CCNC(=NCc1ccc2c(c1)OCCCO2)NCC(C)C. The van der Waals surface area contributed by atoms with E-state index in [0.29, 0.717) is 25.7 Å². The maximum absolute atomic E-state index is 5.72. The van der Waals surface area contributed by atoms with Crippen molar-refractivity contribution < 1.29 is 9.47 Å². The van der Waals surface area contributed by atoms with Crippen LogP contribution in [-0.2, 0) is 6.54 Å². The number of benzene rings is 1. The third-order valence-corrected chi connectivity index (χ3v) is 3.25. The lowest BCUT2D eigenvalue weighted by Crippen LogP contribution is -2.39. The van der Waals surface area contributed by atoms with Gasteiger partial charge in [0.1, 0.15) is 0 Å². The predicted molar refractivity (Wildman–Crippen MR) is 89.7 cm³/mol. The molecule has 0 fully saturated rings. The van der Waals surface area contributed by atoms with Gasteiger partial charge < -0.3 is 20.1 Å². The van der Waals surface area contributed by atoms with Crippen molar-refractivity contribution >= 4 is 5.96 Å². The number of fused-ring (bicyclic) bond motifs is 1. The minimum atomic E-state index is 0.585. The zero-order chi connectivity index (χ0) is 15.8. The molecule has 1 aliphatic rings. The molecule has 122 valence electrons. The minimum Gasteiger partial charge on any atom is -0.490 e. The van der Waals surface area contributed by atoms with Crippen LogP contribution >= 0.6 is 0 Å². The van der Waals surface area contributed by atoms with Crippen LogP contribution in [0.5, 0.6) is 11.5 Å². The van der Waals surface area contributed by atoms with E-state index in [2.05, 4.69) is 36.4 Å². The van der Waals surface area contributed by atoms with E-state index in [-0.39, 0.29) is 0 Å². The van der Waals surface area contributed by atoms with E-state index in [1.807, 2.05) is 18.2 Å². The predicted octanol–water partition coefficient (Wildman–Crippen LogP) is 2.56. The summed E-state index contributed by atoms with van der Waals surface area (Å²) in [6.07, 6.45) is 0.922. The van der Waals surface area contributed by atoms with Gasteiger partial charge in [0.05, 0.1) is 19.8 Å². The summed E-state index contributed by atoms with van der Waals surface area (Å²) in [5, 5.41) is 6.61. The standard InChI is InChI=1S/C17H27N3O2/c1-4-18-17(19-11-13(2)3)20-12-14-6-7-15-16(10-14)22-9-5-8-21-15/h6-7,10,13H,4-5,8-9,11-12H2,1-3H3,(H2,18,19,20). The van der Waals surface area contributed by atoms with E-state index in [4.69, 9.17) is 9.47 Å². The normalized spacial score (nSPS) is 14.6. The second-order valence-corrected chi connectivity index (χ2v) is 5.80. The molecule has 22 heavy (non-hydrogen) atoms. The number of guanidine groups is 1. The van der Waals surface area contributed by atoms with Crippen molar-refractivity contribution in [3.8, 4) is 11.5 Å². The molecule has 0 unspecified atom stereocenters. The Bertz CT molecular complexity index is 501. The van der Waals surface area contributed by atoms with Gasteiger partial charge in [-0.15, -0.1) is 0 Å². The molecule has 1 aromatic rings. The average Bonchev–Trinajstić information content (AvgIpc) is 2.74. The highest BCUT2D eigenvalue weighted by molar-refractivity contribution is 5.79. The van der Waals surface area contributed by atoms with Gasteiger partial charge in [-0.25, -0.2) is 4.99 Å². The second kappa shape index (κ2) is 8.51. The summed E-state index contributed by atoms with van der Waals surface area (Å²) in [6, 6.07) is 6.04. The van der Waals surface area contributed by atoms with Crippen molar-refractivity contribution in [2.75, 3.05) is 26.3 Å². The van der Waals surface area contributed by atoms with E-state index >= 15 is 0 Å². The second-order valence-electron chi connectivity index (χ2n) is 5.80. The molecule has 0 aromatic heterocycles. The molecule has 0 bridgehead atoms. The first-order valence-corrected chi connectivity index (χ1v) is 8.09. The van der Waals surface area contributed by atoms with Gasteiger partial charge in [0.2, 0.25) is 0 Å². The maximum Gasteiger partial charge on any atom is 0.191 e. The smallest absolute Gasteiger partial charge is 0.191 e. The number of hydrogen-bond acceptors (Lipinski definition) is 3. The molecule has 0 aliphatic carbocycles. The van der Waals surface area contributed by atoms with Gasteiger partial charge in [0.15, 0.2) is 17.5 Å². The first kappa shape index (κ1) is 16.5. The molecule has 0 amide bonds. The summed E-state index contributed by atoms with van der Waals surface area (Å²) in [5.41, 5.74) is 1.12. The van der Waals surface area contributed by atoms with E-state index in [1.54, 1.807) is 0 Å². The zero-order valence-corrected chi connectivity index (χ0v) is 13.8. The van der Waals surface area contributed by atoms with Gasteiger partial charge in [-0.1, -0.05) is 19.9 Å². The summed E-state index contributed by atoms with van der Waals surface area (Å²) in [6.45, 7) is 10.2. The van der Waals surface area contributed by atoms with Gasteiger partial charge in [-0.3, -0.25) is 0 Å². The molecule has 2 rings (SSSR count). The van der Waals surface area contributed by atoms with Crippen molar-refractivity contribution in [1.82, 2.24) is 10.6 Å². The molecule has 1 aliphatic heterocycles. The van der Waals surface area contributed by atoms with Crippen molar-refractivity contribution in [2.24, 2.45) is 10.9 Å². The highest BCUT2D eigenvalue weighted by Crippen LogP contribution is 2.30. The van der Waals surface area contributed by atoms with Gasteiger partial charge in [-0.05, 0) is 30.5 Å². The molecule has 5 nitrogen and oxygen atoms in total. The fourth-order valence-electron chi connectivity index (χ4n) is 2.12. The Balaban J connectivity index is 2.01. The molecule has 5 heteroatoms. The summed E-state index contributed by atoms with van der Waals surface area (Å²) in [7, 11) is 0. The van der Waals surface area contributed by atoms with E-state index in [0.717, 1.165) is 42.5 Å². The van der Waals surface area contributed by atoms with Crippen LogP contribution in [0.1, 0.15) is 32.8 Å². The highest BCUT2D eigenvalue weighted by Gasteiger charge is 2.10. The lowest BCUT2D eigenvalue weighted by Gasteiger charge is -2.13. The molecule has 0 radical (unpaired) electrons. The van der Waals surface area contributed by atoms with E-state index in [9.17, 15) is 0 Å². The van der Waals surface area contributed by atoms with Gasteiger partial charge in [-0.2, -0.15) is 0 Å². The van der Waals surface area contributed by atoms with E-state index in [1.165, 1.54) is 0 Å². The lowest BCUT2D eigenvalue weighted by atomic mass is 10.2. The zero-order valence-electron chi connectivity index (χ0n) is 13.8. The summed E-state index contributed by atoms with van der Waals surface area (Å²) < 4.78 is 11.4. The van der Waals surface area contributed by atoms with Crippen LogP contribution in [-0.4, -0.2) is 32.3 Å². The van der Waals surface area contributed by atoms with Crippen LogP contribution in [0.15, 0.2) is 23.2 Å². The topological polar surface area (TPSA) is 54.9 Å². The molecule has 0 saturated heterocycles. The number of aliphatic imine (C=N–C) groups is 1. The molecule has 0 spiro atoms. The van der Waals surface area contributed by atoms with Crippen LogP contribution < -0.4 is 20.1 Å². The Morgan fingerprint density at radius 3 is 2.68 bits per heavy atom. The fraction of sp³-hybridized carbons (Fsp3) is 0.588. The molecule has 1 aromatic carbocycles. The van der Waals surface area contributed by atoms with Crippen molar-refractivity contribution in [2.45, 2.75) is 33.7 Å². The average molecular weight is 305 g/mol. The van der Waals surface area contributed by atoms with Crippen molar-refractivity contribution in [3.05, 3.63) is 23.8 Å².